The summed E-state index contributed by atoms with van der Waals surface area (Å²) in [5.74, 6) is -1.33. The van der Waals surface area contributed by atoms with Gasteiger partial charge in [0.25, 0.3) is 17.7 Å². The SMILES string of the molecule is CCc1ccc(C(=O)NNC(=O)[C@H](NC(=O)c2cccs2)C(C)C)cc1. The predicted molar refractivity (Wildman–Crippen MR) is 102 cm³/mol. The molecule has 3 N–H and O–H groups in total. The van der Waals surface area contributed by atoms with Gasteiger partial charge < -0.3 is 5.32 Å². The molecule has 26 heavy (non-hydrogen) atoms. The summed E-state index contributed by atoms with van der Waals surface area (Å²) in [6.45, 7) is 5.68. The smallest absolute Gasteiger partial charge is 0.269 e. The number of thiophene rings is 1. The topological polar surface area (TPSA) is 87.3 Å². The molecule has 138 valence electrons. The number of benzene rings is 1. The van der Waals surface area contributed by atoms with Crippen LogP contribution in [0.25, 0.3) is 0 Å². The summed E-state index contributed by atoms with van der Waals surface area (Å²) < 4.78 is 0. The maximum atomic E-state index is 12.4. The Balaban J connectivity index is 1.94. The molecule has 0 aliphatic heterocycles. The van der Waals surface area contributed by atoms with Crippen LogP contribution < -0.4 is 16.2 Å². The number of nitrogens with one attached hydrogen (secondary N) is 3. The number of carbonyl (C=O) groups is 3. The van der Waals surface area contributed by atoms with E-state index in [0.29, 0.717) is 10.4 Å². The number of rotatable bonds is 6. The van der Waals surface area contributed by atoms with E-state index in [1.54, 1.807) is 29.6 Å². The molecule has 1 aromatic carbocycles. The summed E-state index contributed by atoms with van der Waals surface area (Å²) >= 11 is 1.30. The Morgan fingerprint density at radius 1 is 1.00 bits per heavy atom. The van der Waals surface area contributed by atoms with E-state index in [2.05, 4.69) is 16.2 Å². The summed E-state index contributed by atoms with van der Waals surface area (Å²) in [6, 6.07) is 9.86. The minimum atomic E-state index is -0.757. The first-order valence-electron chi connectivity index (χ1n) is 8.45. The van der Waals surface area contributed by atoms with Crippen LogP contribution in [0, 0.1) is 5.92 Å². The quantitative estimate of drug-likeness (QED) is 0.680. The Morgan fingerprint density at radius 2 is 1.69 bits per heavy atom. The summed E-state index contributed by atoms with van der Waals surface area (Å²) in [7, 11) is 0. The zero-order valence-electron chi connectivity index (χ0n) is 15.0. The molecule has 0 unspecified atom stereocenters. The van der Waals surface area contributed by atoms with E-state index in [4.69, 9.17) is 0 Å². The molecule has 1 heterocycles. The summed E-state index contributed by atoms with van der Waals surface area (Å²) in [6.07, 6.45) is 0.888. The fourth-order valence-corrected chi connectivity index (χ4v) is 2.94. The average molecular weight is 373 g/mol. The van der Waals surface area contributed by atoms with Gasteiger partial charge in [0, 0.05) is 5.56 Å². The van der Waals surface area contributed by atoms with Gasteiger partial charge in [-0.05, 0) is 41.5 Å². The van der Waals surface area contributed by atoms with Gasteiger partial charge in [0.05, 0.1) is 4.88 Å². The average Bonchev–Trinajstić information content (AvgIpc) is 3.18. The van der Waals surface area contributed by atoms with Crippen molar-refractivity contribution < 1.29 is 14.4 Å². The van der Waals surface area contributed by atoms with Gasteiger partial charge in [0.1, 0.15) is 6.04 Å². The monoisotopic (exact) mass is 373 g/mol. The van der Waals surface area contributed by atoms with Crippen LogP contribution in [-0.2, 0) is 11.2 Å². The number of amides is 3. The standard InChI is InChI=1S/C19H23N3O3S/c1-4-13-7-9-14(10-8-13)17(23)21-22-19(25)16(12(2)3)20-18(24)15-6-5-11-26-15/h5-12,16H,4H2,1-3H3,(H,20,24)(H,21,23)(H,22,25)/t16-/m1/s1. The third kappa shape index (κ3) is 5.16. The number of hydrogen-bond donors (Lipinski definition) is 3. The van der Waals surface area contributed by atoms with Crippen molar-refractivity contribution in [2.45, 2.75) is 33.2 Å². The maximum Gasteiger partial charge on any atom is 0.269 e. The van der Waals surface area contributed by atoms with Crippen LogP contribution >= 0.6 is 11.3 Å². The summed E-state index contributed by atoms with van der Waals surface area (Å²) in [5.41, 5.74) is 6.36. The highest BCUT2D eigenvalue weighted by atomic mass is 32.1. The van der Waals surface area contributed by atoms with Gasteiger partial charge in [-0.1, -0.05) is 39.0 Å². The lowest BCUT2D eigenvalue weighted by Gasteiger charge is -2.21. The van der Waals surface area contributed by atoms with Crippen LogP contribution in [0.1, 0.15) is 46.4 Å². The normalized spacial score (nSPS) is 11.7. The molecule has 0 radical (unpaired) electrons. The Hall–Kier alpha value is -2.67. The van der Waals surface area contributed by atoms with Gasteiger partial charge in [0.15, 0.2) is 0 Å². The number of hydrogen-bond acceptors (Lipinski definition) is 4. The Morgan fingerprint density at radius 3 is 2.23 bits per heavy atom. The molecule has 1 aromatic heterocycles. The van der Waals surface area contributed by atoms with E-state index in [0.717, 1.165) is 12.0 Å². The highest BCUT2D eigenvalue weighted by Gasteiger charge is 2.25. The summed E-state index contributed by atoms with van der Waals surface area (Å²) in [4.78, 5) is 37.2. The van der Waals surface area contributed by atoms with Crippen molar-refractivity contribution in [3.05, 3.63) is 57.8 Å². The van der Waals surface area contributed by atoms with Gasteiger partial charge >= 0.3 is 0 Å². The van der Waals surface area contributed by atoms with E-state index in [1.807, 2.05) is 32.9 Å². The predicted octanol–water partition coefficient (Wildman–Crippen LogP) is 2.53. The maximum absolute atomic E-state index is 12.4. The highest BCUT2D eigenvalue weighted by Crippen LogP contribution is 2.10. The minimum absolute atomic E-state index is 0.139. The van der Waals surface area contributed by atoms with Gasteiger partial charge in [-0.2, -0.15) is 0 Å². The number of carbonyl (C=O) groups excluding carboxylic acids is 3. The molecule has 0 fully saturated rings. The van der Waals surface area contributed by atoms with E-state index < -0.39 is 17.9 Å². The lowest BCUT2D eigenvalue weighted by molar-refractivity contribution is -0.124. The van der Waals surface area contributed by atoms with E-state index in [9.17, 15) is 14.4 Å². The third-order valence-electron chi connectivity index (χ3n) is 3.90. The number of aryl methyl sites for hydroxylation is 1. The van der Waals surface area contributed by atoms with Crippen molar-refractivity contribution in [3.63, 3.8) is 0 Å². The Labute approximate surface area is 157 Å². The first-order chi connectivity index (χ1) is 12.4. The van der Waals surface area contributed by atoms with Crippen LogP contribution in [0.5, 0.6) is 0 Å². The highest BCUT2D eigenvalue weighted by molar-refractivity contribution is 7.12. The lowest BCUT2D eigenvalue weighted by Crippen LogP contribution is -2.54. The molecule has 2 aromatic rings. The van der Waals surface area contributed by atoms with Gasteiger partial charge in [0.2, 0.25) is 0 Å². The largest absolute Gasteiger partial charge is 0.339 e. The molecular weight excluding hydrogens is 350 g/mol. The Kier molecular flexibility index (Phi) is 6.91. The molecule has 0 aliphatic carbocycles. The molecule has 7 heteroatoms. The molecule has 0 aliphatic rings. The van der Waals surface area contributed by atoms with E-state index >= 15 is 0 Å². The van der Waals surface area contributed by atoms with Crippen LogP contribution in [0.3, 0.4) is 0 Å². The van der Waals surface area contributed by atoms with Crippen molar-refractivity contribution in [1.82, 2.24) is 16.2 Å². The van der Waals surface area contributed by atoms with Crippen molar-refractivity contribution in [2.75, 3.05) is 0 Å². The zero-order valence-corrected chi connectivity index (χ0v) is 15.9. The van der Waals surface area contributed by atoms with Crippen molar-refractivity contribution >= 4 is 29.1 Å². The molecule has 0 spiro atoms. The van der Waals surface area contributed by atoms with Crippen molar-refractivity contribution in [3.8, 4) is 0 Å². The Bertz CT molecular complexity index is 755. The van der Waals surface area contributed by atoms with Crippen molar-refractivity contribution in [2.24, 2.45) is 5.92 Å². The second-order valence-corrected chi connectivity index (χ2v) is 7.11. The minimum Gasteiger partial charge on any atom is -0.339 e. The fraction of sp³-hybridized carbons (Fsp3) is 0.316. The molecule has 6 nitrogen and oxygen atoms in total. The third-order valence-corrected chi connectivity index (χ3v) is 4.77. The van der Waals surface area contributed by atoms with Crippen LogP contribution in [0.4, 0.5) is 0 Å². The van der Waals surface area contributed by atoms with Crippen LogP contribution in [-0.4, -0.2) is 23.8 Å². The van der Waals surface area contributed by atoms with Crippen LogP contribution in [0.2, 0.25) is 0 Å². The fourth-order valence-electron chi connectivity index (χ4n) is 2.32. The van der Waals surface area contributed by atoms with Crippen LogP contribution in [0.15, 0.2) is 41.8 Å². The molecule has 2 rings (SSSR count). The molecule has 0 saturated heterocycles. The first-order valence-corrected chi connectivity index (χ1v) is 9.33. The lowest BCUT2D eigenvalue weighted by atomic mass is 10.0. The zero-order chi connectivity index (χ0) is 19.1. The second kappa shape index (κ2) is 9.15. The molecule has 0 bridgehead atoms. The molecule has 1 atom stereocenters. The van der Waals surface area contributed by atoms with E-state index in [-0.39, 0.29) is 11.8 Å². The van der Waals surface area contributed by atoms with Gasteiger partial charge in [-0.25, -0.2) is 0 Å². The van der Waals surface area contributed by atoms with Crippen molar-refractivity contribution in [1.29, 1.82) is 0 Å². The second-order valence-electron chi connectivity index (χ2n) is 6.17. The summed E-state index contributed by atoms with van der Waals surface area (Å²) in [5, 5.41) is 4.50. The first kappa shape index (κ1) is 19.7. The molecular formula is C19H23N3O3S. The number of hydrazine groups is 1. The van der Waals surface area contributed by atoms with Gasteiger partial charge in [-0.3, -0.25) is 25.2 Å². The molecule has 0 saturated carbocycles. The van der Waals surface area contributed by atoms with E-state index in [1.165, 1.54) is 11.3 Å². The molecule has 3 amide bonds. The van der Waals surface area contributed by atoms with Gasteiger partial charge in [-0.15, -0.1) is 11.3 Å².